The van der Waals surface area contributed by atoms with Crippen LogP contribution in [0.15, 0.2) is 97.1 Å². The van der Waals surface area contributed by atoms with Crippen LogP contribution in [0.5, 0.6) is 5.75 Å². The Bertz CT molecular complexity index is 1570. The zero-order valence-electron chi connectivity index (χ0n) is 26.7. The molecule has 1 saturated heterocycles. The molecule has 1 aliphatic rings. The van der Waals surface area contributed by atoms with Crippen molar-refractivity contribution in [3.63, 3.8) is 0 Å². The number of thiocarbonyl (C=S) groups is 1. The summed E-state index contributed by atoms with van der Waals surface area (Å²) < 4.78 is 19.4. The molecule has 4 aromatic rings. The molecule has 6 nitrogen and oxygen atoms in total. The lowest BCUT2D eigenvalue weighted by atomic mass is 9.84. The van der Waals surface area contributed by atoms with E-state index in [1.165, 1.54) is 12.1 Å². The zero-order valence-corrected chi connectivity index (χ0v) is 27.5. The second-order valence-corrected chi connectivity index (χ2v) is 12.8. The number of aromatic hydroxyl groups is 1. The van der Waals surface area contributed by atoms with Gasteiger partial charge >= 0.3 is 0 Å². The van der Waals surface area contributed by atoms with Crippen LogP contribution in [-0.4, -0.2) is 51.7 Å². The van der Waals surface area contributed by atoms with E-state index in [1.54, 1.807) is 23.6 Å². The number of anilines is 1. The molecular weight excluding hydrogens is 613 g/mol. The van der Waals surface area contributed by atoms with Crippen LogP contribution in [0.1, 0.15) is 73.5 Å². The summed E-state index contributed by atoms with van der Waals surface area (Å²) in [6, 6.07) is 29.5. The van der Waals surface area contributed by atoms with Gasteiger partial charge in [-0.3, -0.25) is 0 Å². The zero-order chi connectivity index (χ0) is 33.3. The number of rotatable bonds is 14. The Balaban J connectivity index is 1.37. The van der Waals surface area contributed by atoms with E-state index in [0.29, 0.717) is 31.2 Å². The Morgan fingerprint density at radius 3 is 2.30 bits per heavy atom. The Kier molecular flexibility index (Phi) is 12.1. The quantitative estimate of drug-likeness (QED) is 0.103. The third-order valence-corrected chi connectivity index (χ3v) is 9.47. The number of halogens is 1. The molecule has 0 bridgehead atoms. The van der Waals surface area contributed by atoms with Gasteiger partial charge in [-0.25, -0.2) is 4.39 Å². The van der Waals surface area contributed by atoms with E-state index >= 15 is 0 Å². The Hall–Kier alpha value is -3.66. The lowest BCUT2D eigenvalue weighted by Crippen LogP contribution is -2.33. The first-order valence-electron chi connectivity index (χ1n) is 16.3. The van der Waals surface area contributed by atoms with Gasteiger partial charge in [-0.05, 0) is 83.1 Å². The molecule has 1 heterocycles. The second-order valence-electron chi connectivity index (χ2n) is 12.5. The number of para-hydroxylation sites is 1. The van der Waals surface area contributed by atoms with Crippen molar-refractivity contribution < 1.29 is 29.6 Å². The average Bonchev–Trinajstić information content (AvgIpc) is 3.09. The van der Waals surface area contributed by atoms with Gasteiger partial charge in [-0.2, -0.15) is 0 Å². The predicted molar refractivity (Wildman–Crippen MR) is 188 cm³/mol. The highest BCUT2D eigenvalue weighted by Gasteiger charge is 2.30. The van der Waals surface area contributed by atoms with Crippen LogP contribution in [0.3, 0.4) is 0 Å². The summed E-state index contributed by atoms with van der Waals surface area (Å²) in [5, 5.41) is 43.9. The number of phenolic OH excluding ortho intramolecular Hbond substituents is 1. The Morgan fingerprint density at radius 1 is 0.936 bits per heavy atom. The first-order valence-corrected chi connectivity index (χ1v) is 16.8. The number of hydrogen-bond acceptors (Lipinski definition) is 7. The minimum Gasteiger partial charge on any atom is -0.508 e. The third-order valence-electron chi connectivity index (χ3n) is 9.28. The van der Waals surface area contributed by atoms with Crippen molar-refractivity contribution in [3.8, 4) is 16.9 Å². The number of phenols is 1. The number of aliphatic hydroxyl groups is 3. The fourth-order valence-electron chi connectivity index (χ4n) is 6.74. The Labute approximate surface area is 282 Å². The summed E-state index contributed by atoms with van der Waals surface area (Å²) in [6.45, 7) is -0.124. The maximum atomic E-state index is 13.4. The molecular formula is C39H44FNO5S. The maximum Gasteiger partial charge on any atom is 0.123 e. The van der Waals surface area contributed by atoms with E-state index in [2.05, 4.69) is 4.90 Å². The van der Waals surface area contributed by atoms with Gasteiger partial charge in [0.1, 0.15) is 11.6 Å². The molecule has 0 saturated carbocycles. The molecule has 0 aliphatic carbocycles. The van der Waals surface area contributed by atoms with Gasteiger partial charge in [0.15, 0.2) is 0 Å². The van der Waals surface area contributed by atoms with Gasteiger partial charge in [0, 0.05) is 31.1 Å². The molecule has 1 aliphatic heterocycles. The molecule has 47 heavy (non-hydrogen) atoms. The smallest absolute Gasteiger partial charge is 0.123 e. The molecule has 4 aromatic carbocycles. The van der Waals surface area contributed by atoms with E-state index in [4.69, 9.17) is 17.0 Å². The second kappa shape index (κ2) is 16.4. The van der Waals surface area contributed by atoms with Crippen LogP contribution < -0.4 is 4.90 Å². The van der Waals surface area contributed by atoms with Crippen molar-refractivity contribution in [2.45, 2.75) is 69.0 Å². The fraction of sp³-hybridized carbons (Fsp3) is 0.359. The summed E-state index contributed by atoms with van der Waals surface area (Å²) in [6.07, 6.45) is 1.67. The van der Waals surface area contributed by atoms with Crippen LogP contribution in [-0.2, 0) is 4.74 Å². The molecule has 6 unspecified atom stereocenters. The van der Waals surface area contributed by atoms with Crippen molar-refractivity contribution in [1.82, 2.24) is 0 Å². The largest absolute Gasteiger partial charge is 0.508 e. The van der Waals surface area contributed by atoms with E-state index in [0.717, 1.165) is 40.8 Å². The Morgan fingerprint density at radius 2 is 1.64 bits per heavy atom. The van der Waals surface area contributed by atoms with E-state index in [9.17, 15) is 24.8 Å². The molecule has 0 amide bonds. The van der Waals surface area contributed by atoms with Crippen molar-refractivity contribution in [2.75, 3.05) is 18.6 Å². The van der Waals surface area contributed by atoms with Gasteiger partial charge < -0.3 is 30.1 Å². The highest BCUT2D eigenvalue weighted by atomic mass is 32.1. The highest BCUT2D eigenvalue weighted by Crippen LogP contribution is 2.42. The first-order chi connectivity index (χ1) is 22.8. The maximum absolute atomic E-state index is 13.4. The molecule has 0 aromatic heterocycles. The lowest BCUT2D eigenvalue weighted by Gasteiger charge is -2.37. The highest BCUT2D eigenvalue weighted by molar-refractivity contribution is 7.78. The number of nitrogens with zero attached hydrogens (tertiary/aromatic N) is 1. The fourth-order valence-corrected chi connectivity index (χ4v) is 6.99. The topological polar surface area (TPSA) is 93.4 Å². The third kappa shape index (κ3) is 8.83. The van der Waals surface area contributed by atoms with E-state index in [1.807, 2.05) is 73.8 Å². The molecule has 6 atom stereocenters. The van der Waals surface area contributed by atoms with Crippen LogP contribution in [0, 0.1) is 11.7 Å². The molecule has 0 spiro atoms. The SMILES string of the molecule is CN(c1ccccc1)C(c1ccc(-c2ccc(C3CC(O)CC(CO)O3)cc2)cc1O)C(CC=S)CCCC(O)c1ccc(F)cc1. The van der Waals surface area contributed by atoms with Crippen molar-refractivity contribution >= 4 is 23.3 Å². The van der Waals surface area contributed by atoms with Gasteiger partial charge in [-0.15, -0.1) is 0 Å². The first kappa shape index (κ1) is 34.7. The summed E-state index contributed by atoms with van der Waals surface area (Å²) in [5.74, 6) is -0.101. The van der Waals surface area contributed by atoms with Gasteiger partial charge in [0.2, 0.25) is 0 Å². The number of benzene rings is 4. The van der Waals surface area contributed by atoms with Crippen LogP contribution in [0.2, 0.25) is 0 Å². The van der Waals surface area contributed by atoms with Gasteiger partial charge in [-0.1, -0.05) is 85.4 Å². The normalized spacial score (nSPS) is 19.9. The summed E-state index contributed by atoms with van der Waals surface area (Å²) >= 11 is 5.36. The average molecular weight is 658 g/mol. The van der Waals surface area contributed by atoms with Crippen molar-refractivity contribution in [2.24, 2.45) is 5.92 Å². The number of aliphatic hydroxyl groups excluding tert-OH is 3. The molecule has 4 N–H and O–H groups in total. The minimum atomic E-state index is -0.695. The predicted octanol–water partition coefficient (Wildman–Crippen LogP) is 7.86. The molecule has 8 heteroatoms. The molecule has 1 fully saturated rings. The van der Waals surface area contributed by atoms with Crippen LogP contribution in [0.25, 0.3) is 11.1 Å². The standard InChI is InChI=1S/C39H44FNO5S/c1-41(32-7-3-2-4-8-32)39(29(20-21-47)6-5-9-36(44)27-14-17-31(40)18-15-27)35-19-16-30(22-37(35)45)26-10-12-28(13-11-26)38-24-33(43)23-34(25-42)46-38/h2-4,7-8,10-19,21-22,29,33-34,36,38-39,42-45H,5-6,9,20,23-25H2,1H3. The van der Waals surface area contributed by atoms with Crippen LogP contribution in [0.4, 0.5) is 10.1 Å². The number of ether oxygens (including phenoxy) is 1. The summed E-state index contributed by atoms with van der Waals surface area (Å²) in [4.78, 5) is 2.18. The van der Waals surface area contributed by atoms with Gasteiger partial charge in [0.25, 0.3) is 0 Å². The lowest BCUT2D eigenvalue weighted by molar-refractivity contribution is -0.113. The minimum absolute atomic E-state index is 0.0442. The van der Waals surface area contributed by atoms with E-state index < -0.39 is 12.2 Å². The molecule has 0 radical (unpaired) electrons. The summed E-state index contributed by atoms with van der Waals surface area (Å²) in [7, 11) is 2.03. The summed E-state index contributed by atoms with van der Waals surface area (Å²) in [5.41, 5.74) is 5.22. The molecule has 248 valence electrons. The molecule has 5 rings (SSSR count). The van der Waals surface area contributed by atoms with Crippen molar-refractivity contribution in [1.29, 1.82) is 0 Å². The van der Waals surface area contributed by atoms with Crippen molar-refractivity contribution in [3.05, 3.63) is 120 Å². The van der Waals surface area contributed by atoms with Crippen LogP contribution >= 0.6 is 12.2 Å². The number of hydrogen-bond donors (Lipinski definition) is 4. The van der Waals surface area contributed by atoms with E-state index in [-0.39, 0.29) is 42.3 Å². The van der Waals surface area contributed by atoms with Gasteiger partial charge in [0.05, 0.1) is 37.1 Å². The monoisotopic (exact) mass is 657 g/mol.